The number of hydrogen-bond donors (Lipinski definition) is 0. The van der Waals surface area contributed by atoms with Gasteiger partial charge in [-0.05, 0) is 58.4 Å². The molecule has 2 unspecified atom stereocenters. The molecule has 4 rings (SSSR count). The van der Waals surface area contributed by atoms with Gasteiger partial charge in [0.05, 0.1) is 5.92 Å². The molecule has 2 atom stereocenters. The summed E-state index contributed by atoms with van der Waals surface area (Å²) in [4.78, 5) is 27.7. The summed E-state index contributed by atoms with van der Waals surface area (Å²) in [7, 11) is 0. The fraction of sp³-hybridized carbons (Fsp3) is 0.833. The lowest BCUT2D eigenvalue weighted by atomic mass is 9.96. The molecule has 3 aliphatic rings. The smallest absolute Gasteiger partial charge is 0.227 e. The van der Waals surface area contributed by atoms with Crippen LogP contribution in [0.25, 0.3) is 0 Å². The maximum absolute atomic E-state index is 13.4. The summed E-state index contributed by atoms with van der Waals surface area (Å²) in [6.07, 6.45) is 9.96. The van der Waals surface area contributed by atoms with Crippen molar-refractivity contribution in [3.8, 4) is 0 Å². The molecule has 1 aromatic heterocycles. The van der Waals surface area contributed by atoms with Gasteiger partial charge in [0.1, 0.15) is 0 Å². The largest absolute Gasteiger partial charge is 0.347 e. The lowest BCUT2D eigenvalue weighted by Crippen LogP contribution is -2.50. The van der Waals surface area contributed by atoms with E-state index in [4.69, 9.17) is 0 Å². The van der Waals surface area contributed by atoms with Crippen molar-refractivity contribution in [1.82, 2.24) is 19.7 Å². The van der Waals surface area contributed by atoms with Crippen LogP contribution in [0.3, 0.4) is 0 Å². The monoisotopic (exact) mass is 447 g/mol. The van der Waals surface area contributed by atoms with E-state index >= 15 is 0 Å². The van der Waals surface area contributed by atoms with E-state index in [1.807, 2.05) is 11.6 Å². The maximum atomic E-state index is 13.4. The van der Waals surface area contributed by atoms with Gasteiger partial charge in [0, 0.05) is 69.5 Å². The van der Waals surface area contributed by atoms with Crippen LogP contribution in [0, 0.1) is 5.92 Å². The van der Waals surface area contributed by atoms with Crippen molar-refractivity contribution < 1.29 is 4.79 Å². The number of piperazine rings is 1. The molecule has 3 heterocycles. The van der Waals surface area contributed by atoms with E-state index in [9.17, 15) is 4.79 Å². The van der Waals surface area contributed by atoms with Crippen LogP contribution in [0.2, 0.25) is 0 Å². The van der Waals surface area contributed by atoms with Crippen molar-refractivity contribution in [1.29, 1.82) is 0 Å². The van der Waals surface area contributed by atoms with Crippen molar-refractivity contribution in [2.75, 3.05) is 57.3 Å². The van der Waals surface area contributed by atoms with Crippen LogP contribution in [0.1, 0.15) is 58.8 Å². The first-order chi connectivity index (χ1) is 15.2. The molecule has 31 heavy (non-hydrogen) atoms. The number of rotatable bonds is 10. The summed E-state index contributed by atoms with van der Waals surface area (Å²) in [6, 6.07) is 1.13. The topological polar surface area (TPSA) is 42.9 Å². The van der Waals surface area contributed by atoms with Gasteiger partial charge in [-0.15, -0.1) is 11.3 Å². The molecule has 0 N–H and O–H groups in total. The number of carbonyl (C=O) groups excluding carboxylic acids is 1. The third kappa shape index (κ3) is 6.20. The quantitative estimate of drug-likeness (QED) is 0.549. The van der Waals surface area contributed by atoms with E-state index in [0.717, 1.165) is 44.0 Å². The lowest BCUT2D eigenvalue weighted by molar-refractivity contribution is -0.136. The molecule has 0 radical (unpaired) electrons. The molecule has 2 aliphatic heterocycles. The van der Waals surface area contributed by atoms with Gasteiger partial charge in [0.25, 0.3) is 0 Å². The first-order valence-corrected chi connectivity index (χ1v) is 13.4. The predicted octanol–water partition coefficient (Wildman–Crippen LogP) is 3.55. The summed E-state index contributed by atoms with van der Waals surface area (Å²) in [5.74, 6) is 0.548. The zero-order chi connectivity index (χ0) is 21.6. The summed E-state index contributed by atoms with van der Waals surface area (Å²) >= 11 is 1.69. The summed E-state index contributed by atoms with van der Waals surface area (Å²) in [5.41, 5.74) is 0. The molecule has 174 valence electrons. The Morgan fingerprint density at radius 1 is 1.23 bits per heavy atom. The number of amides is 1. The Kier molecular flexibility index (Phi) is 8.24. The molecule has 1 saturated carbocycles. The zero-order valence-electron chi connectivity index (χ0n) is 19.5. The van der Waals surface area contributed by atoms with E-state index in [1.165, 1.54) is 58.4 Å². The standard InChI is InChI=1S/C24H41N5OS/c1-3-11-26-14-16-27(17-15-26)20(2)6-4-13-29(22-8-9-22)23(30)21-7-5-12-28(19-21)24-25-10-18-31-24/h10,18,20-22H,3-9,11-17,19H2,1-2H3. The molecule has 1 aliphatic carbocycles. The normalized spacial score (nSPS) is 24.3. The lowest BCUT2D eigenvalue weighted by Gasteiger charge is -2.38. The highest BCUT2D eigenvalue weighted by Gasteiger charge is 2.37. The Bertz CT molecular complexity index is 672. The fourth-order valence-electron chi connectivity index (χ4n) is 5.30. The van der Waals surface area contributed by atoms with Crippen LogP contribution < -0.4 is 4.90 Å². The highest BCUT2D eigenvalue weighted by molar-refractivity contribution is 7.13. The van der Waals surface area contributed by atoms with Crippen molar-refractivity contribution in [3.05, 3.63) is 11.6 Å². The average Bonchev–Trinajstić information content (AvgIpc) is 3.49. The second-order valence-electron chi connectivity index (χ2n) is 9.73. The molecule has 0 bridgehead atoms. The Balaban J connectivity index is 1.23. The summed E-state index contributed by atoms with van der Waals surface area (Å²) in [5, 5.41) is 3.10. The number of aromatic nitrogens is 1. The second kappa shape index (κ2) is 11.1. The Labute approximate surface area is 192 Å². The van der Waals surface area contributed by atoms with Crippen molar-refractivity contribution >= 4 is 22.4 Å². The molecular formula is C24H41N5OS. The van der Waals surface area contributed by atoms with Crippen LogP contribution in [-0.2, 0) is 4.79 Å². The van der Waals surface area contributed by atoms with Crippen molar-refractivity contribution in [2.45, 2.75) is 70.9 Å². The average molecular weight is 448 g/mol. The van der Waals surface area contributed by atoms with E-state index < -0.39 is 0 Å². The number of carbonyl (C=O) groups is 1. The third-order valence-corrected chi connectivity index (χ3v) is 8.15. The van der Waals surface area contributed by atoms with E-state index in [-0.39, 0.29) is 5.92 Å². The molecular weight excluding hydrogens is 406 g/mol. The van der Waals surface area contributed by atoms with Gasteiger partial charge >= 0.3 is 0 Å². The van der Waals surface area contributed by atoms with Crippen molar-refractivity contribution in [3.63, 3.8) is 0 Å². The highest BCUT2D eigenvalue weighted by atomic mass is 32.1. The van der Waals surface area contributed by atoms with E-state index in [0.29, 0.717) is 18.0 Å². The predicted molar refractivity (Wildman–Crippen MR) is 129 cm³/mol. The first-order valence-electron chi connectivity index (χ1n) is 12.6. The van der Waals surface area contributed by atoms with Crippen LogP contribution in [0.4, 0.5) is 5.13 Å². The minimum Gasteiger partial charge on any atom is -0.347 e. The van der Waals surface area contributed by atoms with Crippen LogP contribution in [0.5, 0.6) is 0 Å². The number of thiazole rings is 1. The zero-order valence-corrected chi connectivity index (χ0v) is 20.4. The minimum atomic E-state index is 0.141. The first kappa shape index (κ1) is 23.0. The third-order valence-electron chi connectivity index (χ3n) is 7.32. The van der Waals surface area contributed by atoms with Gasteiger partial charge in [0.15, 0.2) is 5.13 Å². The molecule has 2 saturated heterocycles. The van der Waals surface area contributed by atoms with Gasteiger partial charge in [0.2, 0.25) is 5.91 Å². The van der Waals surface area contributed by atoms with Crippen LogP contribution >= 0.6 is 11.3 Å². The van der Waals surface area contributed by atoms with Gasteiger partial charge in [-0.3, -0.25) is 9.69 Å². The molecule has 3 fully saturated rings. The fourth-order valence-corrected chi connectivity index (χ4v) is 5.98. The van der Waals surface area contributed by atoms with Gasteiger partial charge in [-0.2, -0.15) is 0 Å². The highest BCUT2D eigenvalue weighted by Crippen LogP contribution is 2.32. The minimum absolute atomic E-state index is 0.141. The molecule has 0 aromatic carbocycles. The van der Waals surface area contributed by atoms with Gasteiger partial charge < -0.3 is 14.7 Å². The SMILES string of the molecule is CCCN1CCN(C(C)CCCN(C(=O)C2CCCN(c3nccs3)C2)C2CC2)CC1. The molecule has 0 spiro atoms. The maximum Gasteiger partial charge on any atom is 0.227 e. The number of hydrogen-bond acceptors (Lipinski definition) is 6. The number of anilines is 1. The number of piperidine rings is 1. The van der Waals surface area contributed by atoms with Gasteiger partial charge in [-0.1, -0.05) is 6.92 Å². The van der Waals surface area contributed by atoms with E-state index in [1.54, 1.807) is 11.3 Å². The van der Waals surface area contributed by atoms with Crippen LogP contribution in [-0.4, -0.2) is 90.0 Å². The summed E-state index contributed by atoms with van der Waals surface area (Å²) < 4.78 is 0. The van der Waals surface area contributed by atoms with Crippen LogP contribution in [0.15, 0.2) is 11.6 Å². The molecule has 1 aromatic rings. The summed E-state index contributed by atoms with van der Waals surface area (Å²) in [6.45, 7) is 13.5. The Morgan fingerprint density at radius 3 is 2.71 bits per heavy atom. The van der Waals surface area contributed by atoms with Crippen molar-refractivity contribution in [2.24, 2.45) is 5.92 Å². The Morgan fingerprint density at radius 2 is 2.03 bits per heavy atom. The second-order valence-corrected chi connectivity index (χ2v) is 10.6. The Hall–Kier alpha value is -1.18. The molecule has 6 nitrogen and oxygen atoms in total. The van der Waals surface area contributed by atoms with E-state index in [2.05, 4.69) is 38.4 Å². The molecule has 7 heteroatoms. The van der Waals surface area contributed by atoms with Gasteiger partial charge in [-0.25, -0.2) is 4.98 Å². The number of nitrogens with zero attached hydrogens (tertiary/aromatic N) is 5. The molecule has 1 amide bonds.